The molecule has 0 aliphatic heterocycles. The second-order valence-electron chi connectivity index (χ2n) is 7.18. The maximum Gasteiger partial charge on any atom is 0.416 e. The van der Waals surface area contributed by atoms with Crippen molar-refractivity contribution in [1.29, 1.82) is 0 Å². The maximum atomic E-state index is 13.7. The lowest BCUT2D eigenvalue weighted by molar-refractivity contribution is -0.138. The molecule has 34 heavy (non-hydrogen) atoms. The Bertz CT molecular complexity index is 1300. The molecule has 1 N–H and O–H groups in total. The summed E-state index contributed by atoms with van der Waals surface area (Å²) in [6.45, 7) is -0.177. The number of aromatic nitrogens is 2. The molecular formula is C24H16Cl2F3N3O2. The summed E-state index contributed by atoms with van der Waals surface area (Å²) in [5, 5.41) is 7.02. The van der Waals surface area contributed by atoms with Crippen LogP contribution in [0.2, 0.25) is 10.0 Å². The van der Waals surface area contributed by atoms with Crippen molar-refractivity contribution in [3.8, 4) is 11.5 Å². The molecule has 174 valence electrons. The molecule has 0 unspecified atom stereocenters. The van der Waals surface area contributed by atoms with Crippen molar-refractivity contribution in [3.63, 3.8) is 0 Å². The van der Waals surface area contributed by atoms with E-state index in [-0.39, 0.29) is 39.3 Å². The standard InChI is InChI=1S/C24H16Cl2F3N3O2/c25-19-7-4-8-20(26)22(19)23(33)30-21-11-12-32(31-21)14-15-9-10-17(13-18(15)24(27,28)29)34-16-5-2-1-3-6-16/h1-13H,14H2,(H,30,31,33). The largest absolute Gasteiger partial charge is 0.457 e. The fourth-order valence-electron chi connectivity index (χ4n) is 3.23. The molecule has 1 amide bonds. The fourth-order valence-corrected chi connectivity index (χ4v) is 3.80. The average molecular weight is 506 g/mol. The molecule has 0 fully saturated rings. The van der Waals surface area contributed by atoms with E-state index in [1.807, 2.05) is 0 Å². The molecule has 10 heteroatoms. The quantitative estimate of drug-likeness (QED) is 0.299. The summed E-state index contributed by atoms with van der Waals surface area (Å²) in [6, 6.07) is 18.4. The van der Waals surface area contributed by atoms with Gasteiger partial charge in [0.05, 0.1) is 27.7 Å². The zero-order valence-electron chi connectivity index (χ0n) is 17.3. The Morgan fingerprint density at radius 1 is 0.941 bits per heavy atom. The smallest absolute Gasteiger partial charge is 0.416 e. The zero-order valence-corrected chi connectivity index (χ0v) is 18.8. The van der Waals surface area contributed by atoms with Gasteiger partial charge in [-0.25, -0.2) is 0 Å². The van der Waals surface area contributed by atoms with Crippen LogP contribution in [-0.4, -0.2) is 15.7 Å². The molecule has 0 bridgehead atoms. The molecule has 0 spiro atoms. The fraction of sp³-hybridized carbons (Fsp3) is 0.0833. The highest BCUT2D eigenvalue weighted by molar-refractivity contribution is 6.40. The van der Waals surface area contributed by atoms with E-state index < -0.39 is 17.6 Å². The number of hydrogen-bond acceptors (Lipinski definition) is 3. The first kappa shape index (κ1) is 23.7. The van der Waals surface area contributed by atoms with Gasteiger partial charge >= 0.3 is 6.18 Å². The zero-order chi connectivity index (χ0) is 24.3. The van der Waals surface area contributed by atoms with E-state index in [0.717, 1.165) is 6.07 Å². The Hall–Kier alpha value is -3.49. The summed E-state index contributed by atoms with van der Waals surface area (Å²) in [6.07, 6.45) is -3.14. The van der Waals surface area contributed by atoms with Gasteiger partial charge in [-0.15, -0.1) is 0 Å². The monoisotopic (exact) mass is 505 g/mol. The summed E-state index contributed by atoms with van der Waals surface area (Å²) < 4.78 is 48.1. The van der Waals surface area contributed by atoms with Gasteiger partial charge < -0.3 is 10.1 Å². The molecule has 3 aromatic carbocycles. The highest BCUT2D eigenvalue weighted by Gasteiger charge is 2.34. The molecule has 0 saturated heterocycles. The number of nitrogens with one attached hydrogen (secondary N) is 1. The second kappa shape index (κ2) is 9.79. The molecule has 0 aliphatic carbocycles. The van der Waals surface area contributed by atoms with Gasteiger partial charge in [-0.05, 0) is 42.0 Å². The van der Waals surface area contributed by atoms with E-state index in [1.54, 1.807) is 36.4 Å². The van der Waals surface area contributed by atoms with Crippen LogP contribution in [0.3, 0.4) is 0 Å². The minimum atomic E-state index is -4.60. The van der Waals surface area contributed by atoms with Crippen LogP contribution < -0.4 is 10.1 Å². The first-order chi connectivity index (χ1) is 16.2. The number of ether oxygens (including phenoxy) is 1. The van der Waals surface area contributed by atoms with Gasteiger partial charge in [-0.2, -0.15) is 18.3 Å². The van der Waals surface area contributed by atoms with Gasteiger partial charge in [0.25, 0.3) is 5.91 Å². The van der Waals surface area contributed by atoms with E-state index in [2.05, 4.69) is 10.4 Å². The third-order valence-electron chi connectivity index (χ3n) is 4.77. The molecule has 0 saturated carbocycles. The normalized spacial score (nSPS) is 11.3. The number of benzene rings is 3. The Morgan fingerprint density at radius 3 is 2.32 bits per heavy atom. The van der Waals surface area contributed by atoms with Crippen LogP contribution in [0, 0.1) is 0 Å². The maximum absolute atomic E-state index is 13.7. The van der Waals surface area contributed by atoms with E-state index in [4.69, 9.17) is 27.9 Å². The molecule has 1 aromatic heterocycles. The van der Waals surface area contributed by atoms with Crippen LogP contribution in [0.25, 0.3) is 0 Å². The van der Waals surface area contributed by atoms with Crippen LogP contribution in [0.1, 0.15) is 21.5 Å². The third-order valence-corrected chi connectivity index (χ3v) is 5.40. The lowest BCUT2D eigenvalue weighted by Crippen LogP contribution is -2.15. The molecule has 5 nitrogen and oxygen atoms in total. The molecule has 1 heterocycles. The number of carbonyl (C=O) groups excluding carboxylic acids is 1. The molecular weight excluding hydrogens is 490 g/mol. The van der Waals surface area contributed by atoms with E-state index in [9.17, 15) is 18.0 Å². The Balaban J connectivity index is 1.53. The number of hydrogen-bond donors (Lipinski definition) is 1. The van der Waals surface area contributed by atoms with Crippen LogP contribution >= 0.6 is 23.2 Å². The molecule has 0 atom stereocenters. The predicted octanol–water partition coefficient (Wildman–Crippen LogP) is 7.30. The number of alkyl halides is 3. The van der Waals surface area contributed by atoms with Crippen LogP contribution in [0.15, 0.2) is 79.0 Å². The van der Waals surface area contributed by atoms with Crippen molar-refractivity contribution < 1.29 is 22.7 Å². The first-order valence-corrected chi connectivity index (χ1v) is 10.7. The summed E-state index contributed by atoms with van der Waals surface area (Å²) >= 11 is 12.1. The second-order valence-corrected chi connectivity index (χ2v) is 8.00. The predicted molar refractivity (Wildman–Crippen MR) is 124 cm³/mol. The van der Waals surface area contributed by atoms with Gasteiger partial charge in [0.15, 0.2) is 5.82 Å². The van der Waals surface area contributed by atoms with Crippen molar-refractivity contribution in [2.45, 2.75) is 12.7 Å². The Kier molecular flexibility index (Phi) is 6.81. The highest BCUT2D eigenvalue weighted by atomic mass is 35.5. The SMILES string of the molecule is O=C(Nc1ccn(Cc2ccc(Oc3ccccc3)cc2C(F)(F)F)n1)c1c(Cl)cccc1Cl. The summed E-state index contributed by atoms with van der Waals surface area (Å²) in [5.74, 6) is 0.0413. The van der Waals surface area contributed by atoms with Crippen LogP contribution in [0.4, 0.5) is 19.0 Å². The minimum Gasteiger partial charge on any atom is -0.457 e. The minimum absolute atomic E-state index is 0.0111. The van der Waals surface area contributed by atoms with Gasteiger partial charge in [0.2, 0.25) is 0 Å². The van der Waals surface area contributed by atoms with E-state index in [1.165, 1.54) is 41.2 Å². The van der Waals surface area contributed by atoms with E-state index in [0.29, 0.717) is 5.75 Å². The lowest BCUT2D eigenvalue weighted by Gasteiger charge is -2.15. The number of nitrogens with zero attached hydrogens (tertiary/aromatic N) is 2. The number of rotatable bonds is 6. The van der Waals surface area contributed by atoms with Crippen molar-refractivity contribution in [1.82, 2.24) is 9.78 Å². The van der Waals surface area contributed by atoms with Gasteiger partial charge in [0, 0.05) is 12.3 Å². The van der Waals surface area contributed by atoms with Crippen molar-refractivity contribution in [2.24, 2.45) is 0 Å². The molecule has 0 radical (unpaired) electrons. The van der Waals surface area contributed by atoms with E-state index >= 15 is 0 Å². The average Bonchev–Trinajstić information content (AvgIpc) is 3.21. The number of amides is 1. The van der Waals surface area contributed by atoms with Gasteiger partial charge in [-0.1, -0.05) is 53.5 Å². The number of anilines is 1. The lowest BCUT2D eigenvalue weighted by atomic mass is 10.1. The van der Waals surface area contributed by atoms with Crippen LogP contribution in [-0.2, 0) is 12.7 Å². The summed E-state index contributed by atoms with van der Waals surface area (Å²) in [5.41, 5.74) is -0.776. The topological polar surface area (TPSA) is 56.2 Å². The number of carbonyl (C=O) groups is 1. The number of para-hydroxylation sites is 1. The summed E-state index contributed by atoms with van der Waals surface area (Å²) in [7, 11) is 0. The third kappa shape index (κ3) is 5.52. The summed E-state index contributed by atoms with van der Waals surface area (Å²) in [4.78, 5) is 12.5. The highest BCUT2D eigenvalue weighted by Crippen LogP contribution is 2.36. The van der Waals surface area contributed by atoms with Crippen molar-refractivity contribution in [2.75, 3.05) is 5.32 Å². The van der Waals surface area contributed by atoms with Crippen molar-refractivity contribution >= 4 is 34.9 Å². The van der Waals surface area contributed by atoms with Crippen molar-refractivity contribution in [3.05, 3.63) is 106 Å². The molecule has 4 aromatic rings. The number of halogens is 5. The van der Waals surface area contributed by atoms with Gasteiger partial charge in [0.1, 0.15) is 11.5 Å². The van der Waals surface area contributed by atoms with Crippen LogP contribution in [0.5, 0.6) is 11.5 Å². The Morgan fingerprint density at radius 2 is 1.65 bits per heavy atom. The Labute approximate surface area is 202 Å². The molecule has 0 aliphatic rings. The van der Waals surface area contributed by atoms with Gasteiger partial charge in [-0.3, -0.25) is 9.48 Å². The first-order valence-electron chi connectivity index (χ1n) is 9.92. The molecule has 4 rings (SSSR count).